The van der Waals surface area contributed by atoms with Crippen molar-refractivity contribution in [3.05, 3.63) is 36.0 Å². The molecule has 4 nitrogen and oxygen atoms in total. The van der Waals surface area contributed by atoms with Crippen LogP contribution in [0.3, 0.4) is 0 Å². The van der Waals surface area contributed by atoms with Gasteiger partial charge < -0.3 is 10.3 Å². The van der Waals surface area contributed by atoms with Crippen molar-refractivity contribution in [1.29, 1.82) is 0 Å². The normalized spacial score (nSPS) is 12.9. The summed E-state index contributed by atoms with van der Waals surface area (Å²) in [4.78, 5) is 11.0. The highest BCUT2D eigenvalue weighted by Crippen LogP contribution is 2.18. The van der Waals surface area contributed by atoms with Crippen molar-refractivity contribution in [2.75, 3.05) is 6.26 Å². The minimum absolute atomic E-state index is 0.424. The van der Waals surface area contributed by atoms with Crippen molar-refractivity contribution in [3.63, 3.8) is 0 Å². The summed E-state index contributed by atoms with van der Waals surface area (Å²) in [6.45, 7) is 0. The minimum atomic E-state index is -1.13. The van der Waals surface area contributed by atoms with E-state index in [2.05, 4.69) is 0 Å². The van der Waals surface area contributed by atoms with E-state index in [1.54, 1.807) is 34.6 Å². The van der Waals surface area contributed by atoms with Crippen molar-refractivity contribution >= 4 is 28.2 Å². The van der Waals surface area contributed by atoms with Gasteiger partial charge >= 0.3 is 0 Å². The topological polar surface area (TPSA) is 71.1 Å². The molecule has 0 spiro atoms. The maximum atomic E-state index is 11.4. The summed E-state index contributed by atoms with van der Waals surface area (Å²) in [5.41, 5.74) is 6.36. The fraction of sp³-hybridized carbons (Fsp3) is 0.100. The number of primary amides is 1. The summed E-state index contributed by atoms with van der Waals surface area (Å²) >= 11 is -1.13. The fourth-order valence-corrected chi connectivity index (χ4v) is 2.15. The van der Waals surface area contributed by atoms with Crippen LogP contribution in [0.15, 0.2) is 30.5 Å². The van der Waals surface area contributed by atoms with Crippen molar-refractivity contribution in [2.24, 2.45) is 5.73 Å². The van der Waals surface area contributed by atoms with Crippen molar-refractivity contribution < 1.29 is 9.35 Å². The molecular weight excluding hydrogens is 212 g/mol. The average molecular weight is 222 g/mol. The van der Waals surface area contributed by atoms with E-state index < -0.39 is 17.3 Å². The lowest BCUT2D eigenvalue weighted by Crippen LogP contribution is -2.12. The first-order valence-electron chi connectivity index (χ1n) is 4.34. The molecule has 0 aliphatic carbocycles. The highest BCUT2D eigenvalue weighted by molar-refractivity contribution is 7.89. The number of amides is 1. The number of rotatable bonds is 2. The Bertz CT molecular complexity index is 519. The number of nitrogens with zero attached hydrogens (tertiary/aromatic N) is 1. The van der Waals surface area contributed by atoms with Gasteiger partial charge in [-0.25, -0.2) is 0 Å². The van der Waals surface area contributed by atoms with Crippen LogP contribution < -0.4 is 5.73 Å². The van der Waals surface area contributed by atoms with Gasteiger partial charge in [-0.2, -0.15) is 3.97 Å². The summed E-state index contributed by atoms with van der Waals surface area (Å²) in [7, 11) is 0. The number of aromatic nitrogens is 1. The van der Waals surface area contributed by atoms with Crippen LogP contribution in [0.2, 0.25) is 0 Å². The third-order valence-corrected chi connectivity index (χ3v) is 3.09. The third kappa shape index (κ3) is 1.71. The maximum absolute atomic E-state index is 11.4. The predicted molar refractivity (Wildman–Crippen MR) is 59.9 cm³/mol. The average Bonchev–Trinajstić information content (AvgIpc) is 2.59. The number of hydrogen-bond acceptors (Lipinski definition) is 2. The Labute approximate surface area is 90.0 Å². The van der Waals surface area contributed by atoms with Gasteiger partial charge in [-0.1, -0.05) is 6.07 Å². The van der Waals surface area contributed by atoms with Crippen LogP contribution in [0.5, 0.6) is 0 Å². The lowest BCUT2D eigenvalue weighted by molar-refractivity contribution is 0.100. The molecule has 0 aliphatic rings. The quantitative estimate of drug-likeness (QED) is 0.766. The summed E-state index contributed by atoms with van der Waals surface area (Å²) in [5, 5.41) is 0.940. The monoisotopic (exact) mass is 222 g/mol. The molecule has 0 saturated heterocycles. The Morgan fingerprint density at radius 2 is 2.20 bits per heavy atom. The van der Waals surface area contributed by atoms with E-state index in [-0.39, 0.29) is 0 Å². The maximum Gasteiger partial charge on any atom is 0.248 e. The van der Waals surface area contributed by atoms with Gasteiger partial charge in [0.15, 0.2) is 0 Å². The molecule has 1 atom stereocenters. The molecule has 2 rings (SSSR count). The molecule has 0 saturated carbocycles. The largest absolute Gasteiger partial charge is 0.593 e. The SMILES string of the molecule is C[S+]([O-])n1ccc2ccc(C(N)=O)cc21. The van der Waals surface area contributed by atoms with E-state index in [1.807, 2.05) is 6.07 Å². The Hall–Kier alpha value is -1.46. The first-order valence-corrected chi connectivity index (χ1v) is 5.86. The molecule has 0 fully saturated rings. The number of carbonyl (C=O) groups is 1. The highest BCUT2D eigenvalue weighted by atomic mass is 32.2. The van der Waals surface area contributed by atoms with Gasteiger partial charge in [0.25, 0.3) is 0 Å². The van der Waals surface area contributed by atoms with Gasteiger partial charge in [0, 0.05) is 10.9 Å². The number of hydrogen-bond donors (Lipinski definition) is 1. The van der Waals surface area contributed by atoms with Crippen LogP contribution in [0, 0.1) is 0 Å². The Kier molecular flexibility index (Phi) is 2.42. The number of benzene rings is 1. The summed E-state index contributed by atoms with van der Waals surface area (Å²) in [6, 6.07) is 6.95. The Morgan fingerprint density at radius 1 is 1.47 bits per heavy atom. The first kappa shape index (κ1) is 10.1. The van der Waals surface area contributed by atoms with Crippen molar-refractivity contribution in [3.8, 4) is 0 Å². The second-order valence-electron chi connectivity index (χ2n) is 3.20. The van der Waals surface area contributed by atoms with Crippen molar-refractivity contribution in [2.45, 2.75) is 0 Å². The molecule has 2 N–H and O–H groups in total. The van der Waals surface area contributed by atoms with E-state index in [0.29, 0.717) is 5.56 Å². The second kappa shape index (κ2) is 3.60. The van der Waals surface area contributed by atoms with Gasteiger partial charge in [0.05, 0.1) is 23.1 Å². The molecule has 0 aliphatic heterocycles. The molecule has 1 heterocycles. The van der Waals surface area contributed by atoms with Crippen LogP contribution in [-0.4, -0.2) is 20.7 Å². The molecule has 1 amide bonds. The van der Waals surface area contributed by atoms with Gasteiger partial charge in [0.2, 0.25) is 5.91 Å². The molecule has 15 heavy (non-hydrogen) atoms. The third-order valence-electron chi connectivity index (χ3n) is 2.22. The van der Waals surface area contributed by atoms with E-state index >= 15 is 0 Å². The molecule has 1 aromatic carbocycles. The fourth-order valence-electron chi connectivity index (χ4n) is 1.48. The van der Waals surface area contributed by atoms with Crippen LogP contribution in [0.4, 0.5) is 0 Å². The molecule has 1 aromatic heterocycles. The van der Waals surface area contributed by atoms with Crippen LogP contribution in [0.1, 0.15) is 10.4 Å². The second-order valence-corrected chi connectivity index (χ2v) is 4.44. The van der Waals surface area contributed by atoms with Gasteiger partial charge in [-0.15, -0.1) is 0 Å². The Balaban J connectivity index is 2.66. The highest BCUT2D eigenvalue weighted by Gasteiger charge is 2.10. The molecule has 0 bridgehead atoms. The number of fused-ring (bicyclic) bond motifs is 1. The summed E-state index contributed by atoms with van der Waals surface area (Å²) in [6.07, 6.45) is 3.31. The first-order chi connectivity index (χ1) is 7.09. The lowest BCUT2D eigenvalue weighted by atomic mass is 10.1. The molecular formula is C10H10N2O2S. The predicted octanol–water partition coefficient (Wildman–Crippen LogP) is 0.882. The lowest BCUT2D eigenvalue weighted by Gasteiger charge is -2.06. The molecule has 78 valence electrons. The minimum Gasteiger partial charge on any atom is -0.593 e. The number of carbonyl (C=O) groups excluding carboxylic acids is 1. The molecule has 5 heteroatoms. The van der Waals surface area contributed by atoms with E-state index in [1.165, 1.54) is 0 Å². The Morgan fingerprint density at radius 3 is 2.80 bits per heavy atom. The van der Waals surface area contributed by atoms with Gasteiger partial charge in [0.1, 0.15) is 6.26 Å². The van der Waals surface area contributed by atoms with E-state index in [0.717, 1.165) is 10.9 Å². The molecule has 1 unspecified atom stereocenters. The number of nitrogens with two attached hydrogens (primary N) is 1. The van der Waals surface area contributed by atoms with E-state index in [4.69, 9.17) is 5.73 Å². The van der Waals surface area contributed by atoms with Crippen LogP contribution in [0.25, 0.3) is 10.9 Å². The van der Waals surface area contributed by atoms with Crippen LogP contribution in [-0.2, 0) is 11.4 Å². The molecule has 0 radical (unpaired) electrons. The summed E-state index contributed by atoms with van der Waals surface area (Å²) < 4.78 is 13.0. The van der Waals surface area contributed by atoms with Gasteiger partial charge in [-0.3, -0.25) is 4.79 Å². The standard InChI is InChI=1S/C10H10N2O2S/c1-15(14)12-5-4-7-2-3-8(10(11)13)6-9(7)12/h2-6H,1H3,(H2,11,13). The zero-order valence-corrected chi connectivity index (χ0v) is 8.95. The zero-order valence-electron chi connectivity index (χ0n) is 8.14. The van der Waals surface area contributed by atoms with Crippen molar-refractivity contribution in [1.82, 2.24) is 3.97 Å². The summed E-state index contributed by atoms with van der Waals surface area (Å²) in [5.74, 6) is -0.480. The smallest absolute Gasteiger partial charge is 0.248 e. The van der Waals surface area contributed by atoms with E-state index in [9.17, 15) is 9.35 Å². The van der Waals surface area contributed by atoms with Crippen LogP contribution >= 0.6 is 0 Å². The zero-order chi connectivity index (χ0) is 11.0. The van der Waals surface area contributed by atoms with Gasteiger partial charge in [-0.05, 0) is 18.2 Å². The molecule has 2 aromatic rings.